The molecule has 1 atom stereocenters. The van der Waals surface area contributed by atoms with Crippen LogP contribution in [-0.2, 0) is 0 Å². The van der Waals surface area contributed by atoms with Crippen molar-refractivity contribution in [2.45, 2.75) is 0 Å². The molecule has 0 aliphatic heterocycles. The molecule has 0 radical (unpaired) electrons. The highest BCUT2D eigenvalue weighted by Crippen LogP contribution is 2.41. The molecule has 59 heavy (non-hydrogen) atoms. The van der Waals surface area contributed by atoms with Crippen LogP contribution in [0.2, 0.25) is 0 Å². The number of rotatable bonds is 5. The third-order valence-corrected chi connectivity index (χ3v) is 13.7. The van der Waals surface area contributed by atoms with Crippen molar-refractivity contribution < 1.29 is 4.52 Å². The van der Waals surface area contributed by atoms with Gasteiger partial charge in [-0.1, -0.05) is 140 Å². The fourth-order valence-corrected chi connectivity index (χ4v) is 10.9. The van der Waals surface area contributed by atoms with Gasteiger partial charge < -0.3 is 17.9 Å². The summed E-state index contributed by atoms with van der Waals surface area (Å²) in [6.45, 7) is 4.51. The van der Waals surface area contributed by atoms with Crippen molar-refractivity contribution in [3.05, 3.63) is 211 Å². The van der Waals surface area contributed by atoms with Crippen molar-refractivity contribution in [1.82, 2.24) is 13.4 Å². The molecule has 8 aromatic carbocycles. The molecule has 12 rings (SSSR count). The van der Waals surface area contributed by atoms with Gasteiger partial charge in [0.05, 0.1) is 44.1 Å². The normalized spacial score (nSPS) is 12.4. The van der Waals surface area contributed by atoms with Gasteiger partial charge in [-0.25, -0.2) is 0 Å². The maximum atomic E-state index is 6.74. The fraction of sp³-hybridized carbons (Fsp3) is 0. The number of aromatic nitrogens is 3. The highest BCUT2D eigenvalue weighted by Gasteiger charge is 2.21. The van der Waals surface area contributed by atoms with Crippen LogP contribution in [0.4, 0.5) is 0 Å². The Morgan fingerprint density at radius 3 is 1.64 bits per heavy atom. The lowest BCUT2D eigenvalue weighted by Gasteiger charge is -2.20. The van der Waals surface area contributed by atoms with Crippen LogP contribution in [0.5, 0.6) is 5.75 Å². The number of hydrogen-bond acceptors (Lipinski definition) is 1. The van der Waals surface area contributed by atoms with E-state index in [1.165, 1.54) is 43.3 Å². The van der Waals surface area contributed by atoms with E-state index in [2.05, 4.69) is 196 Å². The average Bonchev–Trinajstić information content (AvgIpc) is 3.76. The van der Waals surface area contributed by atoms with Gasteiger partial charge >= 0.3 is 0 Å². The molecule has 0 fully saturated rings. The molecule has 0 spiro atoms. The van der Waals surface area contributed by atoms with E-state index in [1.807, 2.05) is 30.3 Å². The lowest BCUT2D eigenvalue weighted by molar-refractivity contribution is 0.630. The van der Waals surface area contributed by atoms with Crippen molar-refractivity contribution in [3.8, 4) is 11.4 Å². The first-order chi connectivity index (χ1) is 29.2. The lowest BCUT2D eigenvalue weighted by atomic mass is 10.1. The first kappa shape index (κ1) is 33.7. The SMILES string of the molecule is C=c1cccc2c3cccc4c5ccccc5n(c5cc6c(cc5n2c2ccccc12)c1ccccc1n6-c1ccc(P(Oc2ccccc2)c2ccccc2)cc1)c43. The van der Waals surface area contributed by atoms with E-state index in [4.69, 9.17) is 4.52 Å². The van der Waals surface area contributed by atoms with E-state index in [0.717, 1.165) is 60.4 Å². The summed E-state index contributed by atoms with van der Waals surface area (Å²) in [4.78, 5) is 0. The summed E-state index contributed by atoms with van der Waals surface area (Å²) in [7, 11) is -1.10. The molecule has 12 aromatic rings. The summed E-state index contributed by atoms with van der Waals surface area (Å²) in [5.74, 6) is 0.865. The average molecular weight is 774 g/mol. The molecule has 0 aliphatic rings. The molecule has 4 aromatic heterocycles. The first-order valence-corrected chi connectivity index (χ1v) is 21.2. The van der Waals surface area contributed by atoms with Gasteiger partial charge in [0.1, 0.15) is 5.75 Å². The number of fused-ring (bicyclic) bond motifs is 13. The standard InChI is InChI=1S/C54H36N3OP/c1-36-16-14-29-50-45-25-15-24-44-42-22-9-13-28-49(42)57(54(44)45)53-35-51-46(34-52(53)56(50)47-26-11-8-21-41(36)47)43-23-10-12-27-48(43)55(51)37-30-32-40(33-31-37)59(39-19-6-3-7-20-39)58-38-17-4-2-5-18-38/h2-35H,1H2. The van der Waals surface area contributed by atoms with Crippen LogP contribution in [0.1, 0.15) is 0 Å². The van der Waals surface area contributed by atoms with Gasteiger partial charge in [-0.15, -0.1) is 0 Å². The fourth-order valence-electron chi connectivity index (χ4n) is 9.21. The maximum Gasteiger partial charge on any atom is 0.150 e. The van der Waals surface area contributed by atoms with E-state index < -0.39 is 8.15 Å². The van der Waals surface area contributed by atoms with Gasteiger partial charge in [0.25, 0.3) is 0 Å². The third-order valence-electron chi connectivity index (χ3n) is 11.8. The van der Waals surface area contributed by atoms with Crippen LogP contribution in [-0.4, -0.2) is 13.4 Å². The minimum absolute atomic E-state index is 0.865. The van der Waals surface area contributed by atoms with Gasteiger partial charge in [0, 0.05) is 48.6 Å². The minimum Gasteiger partial charge on any atom is -0.464 e. The number of para-hydroxylation sites is 5. The van der Waals surface area contributed by atoms with Gasteiger partial charge in [-0.2, -0.15) is 0 Å². The summed E-state index contributed by atoms with van der Waals surface area (Å²) in [6, 6.07) is 74.1. The summed E-state index contributed by atoms with van der Waals surface area (Å²) >= 11 is 0. The van der Waals surface area contributed by atoms with E-state index in [-0.39, 0.29) is 0 Å². The van der Waals surface area contributed by atoms with Crippen LogP contribution < -0.4 is 20.4 Å². The Hall–Kier alpha value is -7.39. The van der Waals surface area contributed by atoms with Crippen LogP contribution >= 0.6 is 8.15 Å². The Kier molecular flexibility index (Phi) is 7.63. The summed E-state index contributed by atoms with van der Waals surface area (Å²) in [5.41, 5.74) is 10.2. The zero-order chi connectivity index (χ0) is 39.0. The number of nitrogens with zero attached hydrogens (tertiary/aromatic N) is 3. The molecule has 0 aliphatic carbocycles. The number of hydrogen-bond donors (Lipinski definition) is 0. The molecule has 278 valence electrons. The van der Waals surface area contributed by atoms with Gasteiger partial charge in [-0.05, 0) is 78.0 Å². The van der Waals surface area contributed by atoms with E-state index in [0.29, 0.717) is 0 Å². The molecular formula is C54H36N3OP. The maximum absolute atomic E-state index is 6.74. The van der Waals surface area contributed by atoms with Gasteiger partial charge in [0.2, 0.25) is 0 Å². The highest BCUT2D eigenvalue weighted by atomic mass is 31.1. The van der Waals surface area contributed by atoms with Crippen LogP contribution in [0.15, 0.2) is 206 Å². The summed E-state index contributed by atoms with van der Waals surface area (Å²) in [6.07, 6.45) is 0. The predicted molar refractivity (Wildman–Crippen MR) is 251 cm³/mol. The second-order valence-corrected chi connectivity index (χ2v) is 16.9. The van der Waals surface area contributed by atoms with E-state index >= 15 is 0 Å². The Labute approximate surface area is 341 Å². The van der Waals surface area contributed by atoms with E-state index in [9.17, 15) is 0 Å². The molecule has 0 amide bonds. The second kappa shape index (κ2) is 13.3. The quantitative estimate of drug-likeness (QED) is 0.160. The monoisotopic (exact) mass is 773 g/mol. The zero-order valence-corrected chi connectivity index (χ0v) is 32.9. The molecule has 4 heterocycles. The molecular weight excluding hydrogens is 738 g/mol. The van der Waals surface area contributed by atoms with Gasteiger partial charge in [0.15, 0.2) is 8.15 Å². The summed E-state index contributed by atoms with van der Waals surface area (Å²) in [5, 5.41) is 10.5. The topological polar surface area (TPSA) is 23.0 Å². The minimum atomic E-state index is -1.10. The zero-order valence-electron chi connectivity index (χ0n) is 32.0. The molecule has 0 saturated heterocycles. The first-order valence-electron chi connectivity index (χ1n) is 20.0. The molecule has 5 heteroatoms. The Bertz CT molecular complexity index is 3720. The Morgan fingerprint density at radius 2 is 0.881 bits per heavy atom. The highest BCUT2D eigenvalue weighted by molar-refractivity contribution is 7.68. The van der Waals surface area contributed by atoms with E-state index in [1.54, 1.807) is 0 Å². The lowest BCUT2D eigenvalue weighted by Crippen LogP contribution is -2.15. The van der Waals surface area contributed by atoms with Crippen molar-refractivity contribution in [2.24, 2.45) is 0 Å². The molecule has 4 nitrogen and oxygen atoms in total. The smallest absolute Gasteiger partial charge is 0.150 e. The Balaban J connectivity index is 1.21. The molecule has 1 unspecified atom stereocenters. The van der Waals surface area contributed by atoms with Crippen LogP contribution in [0, 0.1) is 0 Å². The van der Waals surface area contributed by atoms with Crippen LogP contribution in [0.25, 0.3) is 88.7 Å². The van der Waals surface area contributed by atoms with Crippen molar-refractivity contribution in [1.29, 1.82) is 0 Å². The second-order valence-electron chi connectivity index (χ2n) is 15.1. The van der Waals surface area contributed by atoms with Crippen LogP contribution in [0.3, 0.4) is 0 Å². The van der Waals surface area contributed by atoms with Crippen molar-refractivity contribution >= 4 is 102 Å². The van der Waals surface area contributed by atoms with Gasteiger partial charge in [-0.3, -0.25) is 0 Å². The predicted octanol–water partition coefficient (Wildman–Crippen LogP) is 12.6. The molecule has 0 bridgehead atoms. The molecule has 0 saturated carbocycles. The van der Waals surface area contributed by atoms with Crippen molar-refractivity contribution in [3.63, 3.8) is 0 Å². The summed E-state index contributed by atoms with van der Waals surface area (Å²) < 4.78 is 14.1. The Morgan fingerprint density at radius 1 is 0.356 bits per heavy atom. The molecule has 0 N–H and O–H groups in total. The largest absolute Gasteiger partial charge is 0.464 e. The third kappa shape index (κ3) is 5.20. The number of benzene rings is 8. The van der Waals surface area contributed by atoms with Crippen molar-refractivity contribution in [2.75, 3.05) is 0 Å².